The smallest absolute Gasteiger partial charge is 0.253 e. The second-order valence-corrected chi connectivity index (χ2v) is 5.34. The molecule has 0 saturated carbocycles. The Hall–Kier alpha value is -3.55. The molecule has 0 saturated heterocycles. The van der Waals surface area contributed by atoms with E-state index in [1.807, 2.05) is 18.2 Å². The number of hydrogen-bond acceptors (Lipinski definition) is 7. The molecule has 0 unspecified atom stereocenters. The van der Waals surface area contributed by atoms with Gasteiger partial charge in [0.15, 0.2) is 17.3 Å². The van der Waals surface area contributed by atoms with Crippen LogP contribution in [-0.4, -0.2) is 40.9 Å². The summed E-state index contributed by atoms with van der Waals surface area (Å²) in [6, 6.07) is 9.10. The van der Waals surface area contributed by atoms with Crippen LogP contribution >= 0.6 is 0 Å². The average Bonchev–Trinajstić information content (AvgIpc) is 3.35. The number of furan rings is 1. The third kappa shape index (κ3) is 2.43. The van der Waals surface area contributed by atoms with Crippen molar-refractivity contribution in [2.45, 2.75) is 0 Å². The first-order valence-electron chi connectivity index (χ1n) is 7.81. The van der Waals surface area contributed by atoms with Crippen molar-refractivity contribution in [2.24, 2.45) is 0 Å². The molecule has 0 fully saturated rings. The summed E-state index contributed by atoms with van der Waals surface area (Å²) in [4.78, 5) is 8.70. The van der Waals surface area contributed by atoms with E-state index in [1.54, 1.807) is 50.4 Å². The van der Waals surface area contributed by atoms with Crippen LogP contribution in [0.3, 0.4) is 0 Å². The molecular weight excluding hydrogens is 336 g/mol. The fraction of sp³-hybridized carbons (Fsp3) is 0.167. The molecule has 0 aliphatic carbocycles. The first-order chi connectivity index (χ1) is 12.8. The molecule has 0 aliphatic heterocycles. The zero-order valence-corrected chi connectivity index (χ0v) is 14.5. The molecule has 0 bridgehead atoms. The number of aromatic nitrogens is 4. The number of nitrogens with zero attached hydrogens (tertiary/aromatic N) is 4. The summed E-state index contributed by atoms with van der Waals surface area (Å²) in [5.74, 6) is 3.09. The van der Waals surface area contributed by atoms with Crippen LogP contribution in [0.2, 0.25) is 0 Å². The minimum atomic E-state index is 0.450. The molecule has 8 nitrogen and oxygen atoms in total. The molecule has 0 aliphatic rings. The summed E-state index contributed by atoms with van der Waals surface area (Å²) in [5.41, 5.74) is 1.52. The number of fused-ring (bicyclic) bond motifs is 1. The maximum Gasteiger partial charge on any atom is 0.253 e. The van der Waals surface area contributed by atoms with Crippen LogP contribution in [0.4, 0.5) is 0 Å². The van der Waals surface area contributed by atoms with Crippen molar-refractivity contribution in [1.82, 2.24) is 19.6 Å². The van der Waals surface area contributed by atoms with E-state index >= 15 is 0 Å². The molecular formula is C18H16N4O4. The lowest BCUT2D eigenvalue weighted by molar-refractivity contribution is 0.325. The highest BCUT2D eigenvalue weighted by Crippen LogP contribution is 2.44. The Kier molecular flexibility index (Phi) is 3.92. The van der Waals surface area contributed by atoms with E-state index in [9.17, 15) is 0 Å². The zero-order chi connectivity index (χ0) is 18.1. The summed E-state index contributed by atoms with van der Waals surface area (Å²) < 4.78 is 23.4. The van der Waals surface area contributed by atoms with Gasteiger partial charge in [-0.05, 0) is 30.3 Å². The fourth-order valence-electron chi connectivity index (χ4n) is 2.81. The highest BCUT2D eigenvalue weighted by molar-refractivity contribution is 5.75. The molecule has 0 spiro atoms. The Morgan fingerprint density at radius 3 is 2.50 bits per heavy atom. The number of hydrogen-bond donors (Lipinski definition) is 0. The second-order valence-electron chi connectivity index (χ2n) is 5.34. The molecule has 1 aromatic carbocycles. The molecule has 4 aromatic rings. The Balaban J connectivity index is 1.95. The van der Waals surface area contributed by atoms with Gasteiger partial charge in [-0.3, -0.25) is 0 Å². The van der Waals surface area contributed by atoms with Crippen molar-refractivity contribution in [3.8, 4) is 40.1 Å². The topological polar surface area (TPSA) is 83.9 Å². The van der Waals surface area contributed by atoms with E-state index in [2.05, 4.69) is 15.1 Å². The first kappa shape index (κ1) is 15.9. The number of rotatable bonds is 5. The maximum absolute atomic E-state index is 5.59. The molecule has 3 aromatic heterocycles. The second kappa shape index (κ2) is 6.40. The van der Waals surface area contributed by atoms with Gasteiger partial charge in [-0.25, -0.2) is 4.98 Å². The Morgan fingerprint density at radius 2 is 1.81 bits per heavy atom. The lowest BCUT2D eigenvalue weighted by Gasteiger charge is -2.16. The van der Waals surface area contributed by atoms with E-state index < -0.39 is 0 Å². The summed E-state index contributed by atoms with van der Waals surface area (Å²) in [6.07, 6.45) is 3.24. The monoisotopic (exact) mass is 352 g/mol. The minimum Gasteiger partial charge on any atom is -0.493 e. The number of methoxy groups -OCH3 is 3. The van der Waals surface area contributed by atoms with Gasteiger partial charge in [0, 0.05) is 11.8 Å². The van der Waals surface area contributed by atoms with Gasteiger partial charge in [0.25, 0.3) is 5.78 Å². The molecule has 26 heavy (non-hydrogen) atoms. The molecule has 3 heterocycles. The van der Waals surface area contributed by atoms with E-state index in [4.69, 9.17) is 18.6 Å². The van der Waals surface area contributed by atoms with Gasteiger partial charge < -0.3 is 18.6 Å². The quantitative estimate of drug-likeness (QED) is 0.546. The Bertz CT molecular complexity index is 1060. The molecule has 4 rings (SSSR count). The normalized spacial score (nSPS) is 10.9. The fourth-order valence-corrected chi connectivity index (χ4v) is 2.81. The van der Waals surface area contributed by atoms with Gasteiger partial charge >= 0.3 is 0 Å². The van der Waals surface area contributed by atoms with Crippen LogP contribution in [0.5, 0.6) is 17.2 Å². The molecule has 0 radical (unpaired) electrons. The van der Waals surface area contributed by atoms with Gasteiger partial charge in [-0.2, -0.15) is 9.50 Å². The van der Waals surface area contributed by atoms with Crippen molar-refractivity contribution in [3.05, 3.63) is 42.8 Å². The van der Waals surface area contributed by atoms with Crippen molar-refractivity contribution >= 4 is 5.78 Å². The van der Waals surface area contributed by atoms with Crippen LogP contribution in [0.25, 0.3) is 28.6 Å². The van der Waals surface area contributed by atoms with Gasteiger partial charge in [0.05, 0.1) is 33.3 Å². The standard InChI is InChI=1S/C18H16N4O4/c1-23-13-7-6-11(15(24-2)16(13)25-3)12-8-9-19-18-20-17(21-22(12)18)14-5-4-10-26-14/h4-10H,1-3H3. The minimum absolute atomic E-state index is 0.450. The lowest BCUT2D eigenvalue weighted by Crippen LogP contribution is -2.01. The molecule has 0 N–H and O–H groups in total. The van der Waals surface area contributed by atoms with Crippen LogP contribution in [-0.2, 0) is 0 Å². The van der Waals surface area contributed by atoms with Crippen molar-refractivity contribution in [3.63, 3.8) is 0 Å². The van der Waals surface area contributed by atoms with Gasteiger partial charge in [0.1, 0.15) is 0 Å². The van der Waals surface area contributed by atoms with E-state index in [-0.39, 0.29) is 0 Å². The highest BCUT2D eigenvalue weighted by Gasteiger charge is 2.20. The largest absolute Gasteiger partial charge is 0.493 e. The van der Waals surface area contributed by atoms with E-state index in [0.29, 0.717) is 34.6 Å². The molecule has 8 heteroatoms. The van der Waals surface area contributed by atoms with Crippen LogP contribution in [0, 0.1) is 0 Å². The van der Waals surface area contributed by atoms with Crippen LogP contribution < -0.4 is 14.2 Å². The van der Waals surface area contributed by atoms with Crippen LogP contribution in [0.15, 0.2) is 47.2 Å². The summed E-state index contributed by atoms with van der Waals surface area (Å²) in [7, 11) is 4.72. The van der Waals surface area contributed by atoms with Gasteiger partial charge in [-0.1, -0.05) is 0 Å². The van der Waals surface area contributed by atoms with E-state index in [1.165, 1.54) is 0 Å². The molecule has 0 amide bonds. The Labute approximate surface area is 149 Å². The third-order valence-electron chi connectivity index (χ3n) is 3.96. The van der Waals surface area contributed by atoms with E-state index in [0.717, 1.165) is 11.3 Å². The molecule has 0 atom stereocenters. The SMILES string of the molecule is COc1ccc(-c2ccnc3nc(-c4ccco4)nn23)c(OC)c1OC. The summed E-state index contributed by atoms with van der Waals surface area (Å²) in [6.45, 7) is 0. The predicted octanol–water partition coefficient (Wildman–Crippen LogP) is 3.08. The maximum atomic E-state index is 5.59. The first-order valence-corrected chi connectivity index (χ1v) is 7.81. The molecule has 132 valence electrons. The van der Waals surface area contributed by atoms with Crippen molar-refractivity contribution in [2.75, 3.05) is 21.3 Å². The third-order valence-corrected chi connectivity index (χ3v) is 3.96. The van der Waals surface area contributed by atoms with Crippen molar-refractivity contribution in [1.29, 1.82) is 0 Å². The Morgan fingerprint density at radius 1 is 0.962 bits per heavy atom. The average molecular weight is 352 g/mol. The lowest BCUT2D eigenvalue weighted by atomic mass is 10.1. The van der Waals surface area contributed by atoms with Crippen LogP contribution in [0.1, 0.15) is 0 Å². The summed E-state index contributed by atoms with van der Waals surface area (Å²) >= 11 is 0. The van der Waals surface area contributed by atoms with Crippen molar-refractivity contribution < 1.29 is 18.6 Å². The number of benzene rings is 1. The number of ether oxygens (including phenoxy) is 3. The zero-order valence-electron chi connectivity index (χ0n) is 14.5. The summed E-state index contributed by atoms with van der Waals surface area (Å²) in [5, 5.41) is 4.53. The highest BCUT2D eigenvalue weighted by atomic mass is 16.5. The van der Waals surface area contributed by atoms with Gasteiger partial charge in [0.2, 0.25) is 11.6 Å². The predicted molar refractivity (Wildman–Crippen MR) is 93.6 cm³/mol. The van der Waals surface area contributed by atoms with Gasteiger partial charge in [-0.15, -0.1) is 5.10 Å².